The summed E-state index contributed by atoms with van der Waals surface area (Å²) in [6, 6.07) is 0. The van der Waals surface area contributed by atoms with E-state index in [1.807, 2.05) is 0 Å². The lowest BCUT2D eigenvalue weighted by Crippen LogP contribution is -2.04. The molecule has 0 spiro atoms. The third kappa shape index (κ3) is 2.17. The van der Waals surface area contributed by atoms with Crippen LogP contribution in [0.15, 0.2) is 12.2 Å². The molecule has 0 heteroatoms. The fourth-order valence-electron chi connectivity index (χ4n) is 1.55. The molecule has 0 fully saturated rings. The maximum absolute atomic E-state index is 2.32. The average molecular weight is 137 g/mol. The lowest BCUT2D eigenvalue weighted by atomic mass is 9.89. The van der Waals surface area contributed by atoms with E-state index in [0.717, 1.165) is 5.92 Å². The lowest BCUT2D eigenvalue weighted by molar-refractivity contribution is 0.486. The molecule has 1 aliphatic rings. The van der Waals surface area contributed by atoms with Crippen molar-refractivity contribution in [1.29, 1.82) is 0 Å². The Balaban J connectivity index is 2.34. The lowest BCUT2D eigenvalue weighted by Gasteiger charge is -2.16. The van der Waals surface area contributed by atoms with E-state index in [1.165, 1.54) is 25.7 Å². The second-order valence-electron chi connectivity index (χ2n) is 3.40. The second kappa shape index (κ2) is 3.80. The molecular formula is C10H17. The van der Waals surface area contributed by atoms with Gasteiger partial charge in [-0.2, -0.15) is 0 Å². The molecule has 0 bridgehead atoms. The molecule has 0 aromatic heterocycles. The number of hydrogen-bond acceptors (Lipinski definition) is 0. The minimum absolute atomic E-state index is 0.898. The van der Waals surface area contributed by atoms with E-state index < -0.39 is 0 Å². The molecule has 10 heavy (non-hydrogen) atoms. The van der Waals surface area contributed by atoms with Crippen molar-refractivity contribution in [2.45, 2.75) is 39.5 Å². The van der Waals surface area contributed by atoms with Crippen LogP contribution in [-0.4, -0.2) is 0 Å². The molecule has 0 unspecified atom stereocenters. The zero-order valence-electron chi connectivity index (χ0n) is 7.06. The number of rotatable bonds is 1. The van der Waals surface area contributed by atoms with Gasteiger partial charge < -0.3 is 0 Å². The van der Waals surface area contributed by atoms with Crippen LogP contribution in [0.1, 0.15) is 39.5 Å². The van der Waals surface area contributed by atoms with Gasteiger partial charge in [0.2, 0.25) is 0 Å². The zero-order chi connectivity index (χ0) is 7.40. The van der Waals surface area contributed by atoms with E-state index in [0.29, 0.717) is 0 Å². The predicted molar refractivity (Wildman–Crippen MR) is 45.7 cm³/mol. The van der Waals surface area contributed by atoms with Gasteiger partial charge in [-0.3, -0.25) is 0 Å². The summed E-state index contributed by atoms with van der Waals surface area (Å²) in [5.41, 5.74) is 0. The Hall–Kier alpha value is -0.260. The first-order chi connectivity index (χ1) is 4.80. The van der Waals surface area contributed by atoms with Crippen molar-refractivity contribution in [3.05, 3.63) is 18.1 Å². The Morgan fingerprint density at radius 1 is 1.10 bits per heavy atom. The highest BCUT2D eigenvalue weighted by Crippen LogP contribution is 2.26. The third-order valence-electron chi connectivity index (χ3n) is 2.35. The Bertz CT molecular complexity index is 101. The molecule has 1 radical (unpaired) electrons. The van der Waals surface area contributed by atoms with Gasteiger partial charge in [0.15, 0.2) is 0 Å². The molecule has 0 aliphatic heterocycles. The normalized spacial score (nSPS) is 21.5. The van der Waals surface area contributed by atoms with E-state index in [9.17, 15) is 0 Å². The fourth-order valence-corrected chi connectivity index (χ4v) is 1.55. The van der Waals surface area contributed by atoms with E-state index >= 15 is 0 Å². The standard InChI is InChI=1S/C10H17/c1-9(2)10-7-5-3-4-6-8-10/h3-4,10H,5-8H2,1-2H3. The van der Waals surface area contributed by atoms with Gasteiger partial charge in [0.1, 0.15) is 0 Å². The molecule has 0 aromatic carbocycles. The van der Waals surface area contributed by atoms with Crippen LogP contribution < -0.4 is 0 Å². The molecule has 0 saturated carbocycles. The first-order valence-electron chi connectivity index (χ1n) is 4.26. The van der Waals surface area contributed by atoms with Crippen LogP contribution in [0.2, 0.25) is 0 Å². The fraction of sp³-hybridized carbons (Fsp3) is 0.700. The number of hydrogen-bond donors (Lipinski definition) is 0. The van der Waals surface area contributed by atoms with Crippen LogP contribution in [0.3, 0.4) is 0 Å². The summed E-state index contributed by atoms with van der Waals surface area (Å²) >= 11 is 0. The van der Waals surface area contributed by atoms with Gasteiger partial charge in [-0.1, -0.05) is 26.0 Å². The van der Waals surface area contributed by atoms with E-state index in [4.69, 9.17) is 0 Å². The summed E-state index contributed by atoms with van der Waals surface area (Å²) in [6.07, 6.45) is 9.97. The molecule has 0 saturated heterocycles. The van der Waals surface area contributed by atoms with Crippen molar-refractivity contribution in [3.63, 3.8) is 0 Å². The molecular weight excluding hydrogens is 120 g/mol. The van der Waals surface area contributed by atoms with Gasteiger partial charge in [-0.15, -0.1) is 0 Å². The molecule has 1 rings (SSSR count). The molecule has 0 atom stereocenters. The topological polar surface area (TPSA) is 0 Å². The van der Waals surface area contributed by atoms with Crippen LogP contribution in [-0.2, 0) is 0 Å². The molecule has 0 heterocycles. The van der Waals surface area contributed by atoms with E-state index in [2.05, 4.69) is 26.0 Å². The number of allylic oxidation sites excluding steroid dienone is 2. The van der Waals surface area contributed by atoms with Crippen LogP contribution >= 0.6 is 0 Å². The zero-order valence-corrected chi connectivity index (χ0v) is 7.06. The van der Waals surface area contributed by atoms with Gasteiger partial charge in [0.25, 0.3) is 0 Å². The highest BCUT2D eigenvalue weighted by molar-refractivity contribution is 4.94. The Morgan fingerprint density at radius 2 is 1.60 bits per heavy atom. The first-order valence-corrected chi connectivity index (χ1v) is 4.26. The Morgan fingerprint density at radius 3 is 2.00 bits per heavy atom. The minimum Gasteiger partial charge on any atom is -0.0885 e. The van der Waals surface area contributed by atoms with Gasteiger partial charge in [-0.25, -0.2) is 0 Å². The maximum atomic E-state index is 2.32. The van der Waals surface area contributed by atoms with E-state index in [-0.39, 0.29) is 0 Å². The highest BCUT2D eigenvalue weighted by Gasteiger charge is 2.12. The first kappa shape index (κ1) is 7.84. The molecule has 0 N–H and O–H groups in total. The van der Waals surface area contributed by atoms with Gasteiger partial charge in [0, 0.05) is 0 Å². The summed E-state index contributed by atoms with van der Waals surface area (Å²) < 4.78 is 0. The Kier molecular flexibility index (Phi) is 2.98. The van der Waals surface area contributed by atoms with Gasteiger partial charge >= 0.3 is 0 Å². The van der Waals surface area contributed by atoms with Crippen LogP contribution in [0.4, 0.5) is 0 Å². The second-order valence-corrected chi connectivity index (χ2v) is 3.40. The van der Waals surface area contributed by atoms with Gasteiger partial charge in [0.05, 0.1) is 0 Å². The molecule has 0 amide bonds. The summed E-state index contributed by atoms with van der Waals surface area (Å²) in [5.74, 6) is 2.51. The smallest absolute Gasteiger partial charge is 0.0272 e. The average Bonchev–Trinajstić information content (AvgIpc) is 2.12. The minimum atomic E-state index is 0.898. The van der Waals surface area contributed by atoms with Gasteiger partial charge in [-0.05, 0) is 37.5 Å². The van der Waals surface area contributed by atoms with Crippen molar-refractivity contribution < 1.29 is 0 Å². The monoisotopic (exact) mass is 137 g/mol. The van der Waals surface area contributed by atoms with Crippen molar-refractivity contribution in [2.24, 2.45) is 5.92 Å². The van der Waals surface area contributed by atoms with Crippen LogP contribution in [0, 0.1) is 11.8 Å². The summed E-state index contributed by atoms with van der Waals surface area (Å²) in [5, 5.41) is 0. The summed E-state index contributed by atoms with van der Waals surface area (Å²) in [4.78, 5) is 0. The van der Waals surface area contributed by atoms with Crippen LogP contribution in [0.25, 0.3) is 0 Å². The Labute approximate surface area is 64.3 Å². The van der Waals surface area contributed by atoms with Crippen molar-refractivity contribution >= 4 is 0 Å². The predicted octanol–water partition coefficient (Wildman–Crippen LogP) is 3.35. The molecule has 0 nitrogen and oxygen atoms in total. The van der Waals surface area contributed by atoms with Crippen molar-refractivity contribution in [3.8, 4) is 0 Å². The van der Waals surface area contributed by atoms with E-state index in [1.54, 1.807) is 5.92 Å². The highest BCUT2D eigenvalue weighted by atomic mass is 14.2. The maximum Gasteiger partial charge on any atom is -0.0272 e. The molecule has 0 aromatic rings. The third-order valence-corrected chi connectivity index (χ3v) is 2.35. The summed E-state index contributed by atoms with van der Waals surface area (Å²) in [6.45, 7) is 4.52. The molecule has 57 valence electrons. The largest absolute Gasteiger partial charge is 0.0885 e. The van der Waals surface area contributed by atoms with Crippen molar-refractivity contribution in [1.82, 2.24) is 0 Å². The van der Waals surface area contributed by atoms with Crippen LogP contribution in [0.5, 0.6) is 0 Å². The van der Waals surface area contributed by atoms with Crippen molar-refractivity contribution in [2.75, 3.05) is 0 Å². The molecule has 1 aliphatic carbocycles. The summed E-state index contributed by atoms with van der Waals surface area (Å²) in [7, 11) is 0. The SMILES string of the molecule is C[C](C)C1CCC=CCC1. The quantitative estimate of drug-likeness (QED) is 0.486.